The zero-order valence-electron chi connectivity index (χ0n) is 16.9. The van der Waals surface area contributed by atoms with Gasteiger partial charge in [0.15, 0.2) is 0 Å². The summed E-state index contributed by atoms with van der Waals surface area (Å²) in [5, 5.41) is 0. The molecule has 0 aliphatic rings. The summed E-state index contributed by atoms with van der Waals surface area (Å²) in [6, 6.07) is 17.2. The lowest BCUT2D eigenvalue weighted by atomic mass is 10.0. The molecule has 0 unspecified atom stereocenters. The lowest BCUT2D eigenvalue weighted by Crippen LogP contribution is -2.34. The Labute approximate surface area is 171 Å². The van der Waals surface area contributed by atoms with E-state index in [1.165, 1.54) is 7.11 Å². The predicted octanol–water partition coefficient (Wildman–Crippen LogP) is 2.93. The van der Waals surface area contributed by atoms with Crippen LogP contribution in [0, 0.1) is 0 Å². The summed E-state index contributed by atoms with van der Waals surface area (Å²) in [6.45, 7) is 2.94. The third kappa shape index (κ3) is 7.41. The van der Waals surface area contributed by atoms with E-state index in [2.05, 4.69) is 4.74 Å². The summed E-state index contributed by atoms with van der Waals surface area (Å²) < 4.78 is 9.68. The molecule has 0 saturated heterocycles. The van der Waals surface area contributed by atoms with Gasteiger partial charge in [-0.15, -0.1) is 0 Å². The Balaban J connectivity index is 2.11. The van der Waals surface area contributed by atoms with Gasteiger partial charge in [0.2, 0.25) is 5.91 Å². The lowest BCUT2D eigenvalue weighted by Gasteiger charge is -2.23. The van der Waals surface area contributed by atoms with Gasteiger partial charge in [-0.1, -0.05) is 54.6 Å². The molecule has 1 amide bonds. The van der Waals surface area contributed by atoms with E-state index in [9.17, 15) is 14.4 Å². The summed E-state index contributed by atoms with van der Waals surface area (Å²) >= 11 is 0. The van der Waals surface area contributed by atoms with E-state index in [1.807, 2.05) is 54.6 Å². The Morgan fingerprint density at radius 3 is 2.21 bits per heavy atom. The molecule has 0 saturated carbocycles. The Morgan fingerprint density at radius 2 is 1.55 bits per heavy atom. The van der Waals surface area contributed by atoms with Crippen LogP contribution in [0.2, 0.25) is 0 Å². The zero-order valence-corrected chi connectivity index (χ0v) is 16.9. The van der Waals surface area contributed by atoms with E-state index in [0.29, 0.717) is 26.1 Å². The average Bonchev–Trinajstić information content (AvgIpc) is 2.72. The van der Waals surface area contributed by atoms with Crippen LogP contribution >= 0.6 is 0 Å². The van der Waals surface area contributed by atoms with E-state index in [1.54, 1.807) is 11.8 Å². The third-order valence-corrected chi connectivity index (χ3v) is 4.50. The van der Waals surface area contributed by atoms with Crippen molar-refractivity contribution in [3.05, 3.63) is 71.3 Å². The molecule has 0 atom stereocenters. The highest BCUT2D eigenvalue weighted by Gasteiger charge is 2.19. The van der Waals surface area contributed by atoms with Crippen molar-refractivity contribution >= 4 is 17.8 Å². The molecule has 0 aliphatic carbocycles. The van der Waals surface area contributed by atoms with Crippen molar-refractivity contribution in [1.29, 1.82) is 0 Å². The molecule has 0 aliphatic heterocycles. The van der Waals surface area contributed by atoms with E-state index in [-0.39, 0.29) is 24.7 Å². The molecule has 2 aromatic carbocycles. The van der Waals surface area contributed by atoms with Gasteiger partial charge in [-0.25, -0.2) is 0 Å². The number of amides is 1. The summed E-state index contributed by atoms with van der Waals surface area (Å²) in [5.74, 6) is -1.12. The van der Waals surface area contributed by atoms with Crippen molar-refractivity contribution in [2.24, 2.45) is 0 Å². The highest BCUT2D eigenvalue weighted by molar-refractivity contribution is 5.94. The van der Waals surface area contributed by atoms with Crippen LogP contribution in [-0.2, 0) is 43.2 Å². The van der Waals surface area contributed by atoms with Gasteiger partial charge in [0.05, 0.1) is 20.1 Å². The van der Waals surface area contributed by atoms with Gasteiger partial charge in [0.1, 0.15) is 6.42 Å². The van der Waals surface area contributed by atoms with Crippen molar-refractivity contribution in [1.82, 2.24) is 4.90 Å². The van der Waals surface area contributed by atoms with E-state index in [4.69, 9.17) is 4.74 Å². The Bertz CT molecular complexity index is 819. The first-order valence-corrected chi connectivity index (χ1v) is 9.64. The number of nitrogens with zero attached hydrogens (tertiary/aromatic N) is 1. The van der Waals surface area contributed by atoms with Crippen molar-refractivity contribution in [3.63, 3.8) is 0 Å². The number of rotatable bonds is 10. The quantitative estimate of drug-likeness (QED) is 0.455. The SMILES string of the molecule is CCOC(=O)Cc1ccccc1CCN(Cc1ccccc1)C(=O)CC(=O)OC. The van der Waals surface area contributed by atoms with Gasteiger partial charge >= 0.3 is 11.9 Å². The van der Waals surface area contributed by atoms with Crippen LogP contribution in [0.3, 0.4) is 0 Å². The fraction of sp³-hybridized carbons (Fsp3) is 0.348. The molecule has 0 spiro atoms. The second-order valence-corrected chi connectivity index (χ2v) is 6.55. The molecule has 0 radical (unpaired) electrons. The molecule has 6 nitrogen and oxygen atoms in total. The lowest BCUT2D eigenvalue weighted by molar-refractivity contribution is -0.147. The summed E-state index contributed by atoms with van der Waals surface area (Å²) in [5.41, 5.74) is 2.83. The van der Waals surface area contributed by atoms with Crippen LogP contribution in [0.25, 0.3) is 0 Å². The monoisotopic (exact) mass is 397 g/mol. The number of hydrogen-bond acceptors (Lipinski definition) is 5. The molecule has 154 valence electrons. The van der Waals surface area contributed by atoms with E-state index < -0.39 is 5.97 Å². The third-order valence-electron chi connectivity index (χ3n) is 4.50. The van der Waals surface area contributed by atoms with Crippen LogP contribution < -0.4 is 0 Å². The van der Waals surface area contributed by atoms with Crippen LogP contribution in [0.15, 0.2) is 54.6 Å². The highest BCUT2D eigenvalue weighted by atomic mass is 16.5. The number of carbonyl (C=O) groups is 3. The van der Waals surface area contributed by atoms with Crippen molar-refractivity contribution in [2.75, 3.05) is 20.3 Å². The number of methoxy groups -OCH3 is 1. The zero-order chi connectivity index (χ0) is 21.1. The molecule has 0 aromatic heterocycles. The number of hydrogen-bond donors (Lipinski definition) is 0. The van der Waals surface area contributed by atoms with Crippen molar-refractivity contribution < 1.29 is 23.9 Å². The molecular formula is C23H27NO5. The number of benzene rings is 2. The Kier molecular flexibility index (Phi) is 8.89. The highest BCUT2D eigenvalue weighted by Crippen LogP contribution is 2.14. The largest absolute Gasteiger partial charge is 0.469 e. The fourth-order valence-corrected chi connectivity index (χ4v) is 3.00. The van der Waals surface area contributed by atoms with Crippen molar-refractivity contribution in [3.8, 4) is 0 Å². The van der Waals surface area contributed by atoms with Gasteiger partial charge < -0.3 is 14.4 Å². The first kappa shape index (κ1) is 22.1. The number of esters is 2. The van der Waals surface area contributed by atoms with Gasteiger partial charge in [-0.05, 0) is 30.0 Å². The maximum atomic E-state index is 12.6. The Morgan fingerprint density at radius 1 is 0.897 bits per heavy atom. The van der Waals surface area contributed by atoms with Gasteiger partial charge in [0, 0.05) is 13.1 Å². The van der Waals surface area contributed by atoms with Gasteiger partial charge in [-0.3, -0.25) is 14.4 Å². The summed E-state index contributed by atoms with van der Waals surface area (Å²) in [6.07, 6.45) is 0.460. The molecule has 0 bridgehead atoms. The minimum absolute atomic E-state index is 0.193. The standard InChI is InChI=1S/C23H27NO5/c1-3-29-23(27)15-20-12-8-7-11-19(20)13-14-24(21(25)16-22(26)28-2)17-18-9-5-4-6-10-18/h4-12H,3,13-17H2,1-2H3. The molecule has 2 rings (SSSR count). The molecule has 0 N–H and O–H groups in total. The molecule has 29 heavy (non-hydrogen) atoms. The van der Waals surface area contributed by atoms with E-state index >= 15 is 0 Å². The number of carbonyl (C=O) groups excluding carboxylic acids is 3. The molecule has 0 fully saturated rings. The summed E-state index contributed by atoms with van der Waals surface area (Å²) in [4.78, 5) is 37.7. The average molecular weight is 397 g/mol. The molecular weight excluding hydrogens is 370 g/mol. The smallest absolute Gasteiger partial charge is 0.315 e. The molecule has 0 heterocycles. The normalized spacial score (nSPS) is 10.3. The first-order valence-electron chi connectivity index (χ1n) is 9.64. The Hall–Kier alpha value is -3.15. The minimum atomic E-state index is -0.559. The predicted molar refractivity (Wildman–Crippen MR) is 109 cm³/mol. The van der Waals surface area contributed by atoms with Crippen LogP contribution in [-0.4, -0.2) is 43.0 Å². The fourth-order valence-electron chi connectivity index (χ4n) is 3.00. The minimum Gasteiger partial charge on any atom is -0.469 e. The second-order valence-electron chi connectivity index (χ2n) is 6.55. The van der Waals surface area contributed by atoms with Gasteiger partial charge in [0.25, 0.3) is 0 Å². The number of ether oxygens (including phenoxy) is 2. The van der Waals surface area contributed by atoms with E-state index in [0.717, 1.165) is 16.7 Å². The van der Waals surface area contributed by atoms with Crippen LogP contribution in [0.5, 0.6) is 0 Å². The van der Waals surface area contributed by atoms with Crippen LogP contribution in [0.1, 0.15) is 30.0 Å². The topological polar surface area (TPSA) is 72.9 Å². The first-order chi connectivity index (χ1) is 14.0. The van der Waals surface area contributed by atoms with Crippen molar-refractivity contribution in [2.45, 2.75) is 32.7 Å². The van der Waals surface area contributed by atoms with Gasteiger partial charge in [-0.2, -0.15) is 0 Å². The summed E-state index contributed by atoms with van der Waals surface area (Å²) in [7, 11) is 1.27. The molecule has 2 aromatic rings. The van der Waals surface area contributed by atoms with Crippen LogP contribution in [0.4, 0.5) is 0 Å². The second kappa shape index (κ2) is 11.6. The molecule has 6 heteroatoms. The maximum absolute atomic E-state index is 12.6. The maximum Gasteiger partial charge on any atom is 0.315 e.